The first-order chi connectivity index (χ1) is 16.5. The van der Waals surface area contributed by atoms with Gasteiger partial charge in [-0.15, -0.1) is 4.73 Å². The molecule has 3 heterocycles. The number of carbonyl (C=O) groups is 3. The molecule has 1 unspecified atom stereocenters. The molecule has 0 spiro atoms. The van der Waals surface area contributed by atoms with E-state index >= 15 is 0 Å². The minimum absolute atomic E-state index is 0.0900. The van der Waals surface area contributed by atoms with Gasteiger partial charge in [0, 0.05) is 36.0 Å². The summed E-state index contributed by atoms with van der Waals surface area (Å²) < 4.78 is 31.4. The Kier molecular flexibility index (Phi) is 8.77. The number of carbonyl (C=O) groups excluding carboxylic acids is 3. The number of urea groups is 1. The molecule has 1 aromatic heterocycles. The maximum atomic E-state index is 12.2. The van der Waals surface area contributed by atoms with Gasteiger partial charge in [0.1, 0.15) is 0 Å². The SMILES string of the molecule is CC(CCCC(=O)On1c(O)cc(S(=O)(=O)O)c1O)NC(=O)CCCC[C@@H]1SC[C@@H]2NC(=O)N[C@@H]21. The van der Waals surface area contributed by atoms with Crippen molar-refractivity contribution < 1.29 is 42.4 Å². The molecule has 0 bridgehead atoms. The summed E-state index contributed by atoms with van der Waals surface area (Å²) in [6.07, 6.45) is 3.59. The molecular weight excluding hydrogens is 504 g/mol. The van der Waals surface area contributed by atoms with Crippen molar-refractivity contribution in [1.82, 2.24) is 20.7 Å². The lowest BCUT2D eigenvalue weighted by Crippen LogP contribution is -2.36. The van der Waals surface area contributed by atoms with Gasteiger partial charge in [-0.05, 0) is 32.6 Å². The third-order valence-electron chi connectivity index (χ3n) is 5.86. The van der Waals surface area contributed by atoms with Gasteiger partial charge in [-0.2, -0.15) is 20.2 Å². The van der Waals surface area contributed by atoms with Crippen LogP contribution in [0.5, 0.6) is 11.8 Å². The fourth-order valence-electron chi connectivity index (χ4n) is 4.12. The monoisotopic (exact) mass is 534 g/mol. The van der Waals surface area contributed by atoms with Crippen LogP contribution < -0.4 is 20.8 Å². The van der Waals surface area contributed by atoms with Crippen LogP contribution in [-0.2, 0) is 19.7 Å². The summed E-state index contributed by atoms with van der Waals surface area (Å²) in [5.74, 6) is -2.05. The number of aromatic nitrogens is 1. The van der Waals surface area contributed by atoms with E-state index in [1.165, 1.54) is 0 Å². The van der Waals surface area contributed by atoms with Crippen LogP contribution in [0.3, 0.4) is 0 Å². The fourth-order valence-corrected chi connectivity index (χ4v) is 6.23. The number of amides is 3. The highest BCUT2D eigenvalue weighted by Crippen LogP contribution is 2.33. The first-order valence-corrected chi connectivity index (χ1v) is 13.7. The number of nitrogens with one attached hydrogen (secondary N) is 3. The molecule has 2 fully saturated rings. The molecule has 3 amide bonds. The van der Waals surface area contributed by atoms with Crippen molar-refractivity contribution in [2.75, 3.05) is 5.75 Å². The molecule has 0 radical (unpaired) electrons. The largest absolute Gasteiger partial charge is 0.492 e. The summed E-state index contributed by atoms with van der Waals surface area (Å²) >= 11 is 1.84. The predicted molar refractivity (Wildman–Crippen MR) is 125 cm³/mol. The zero-order valence-electron chi connectivity index (χ0n) is 19.1. The van der Waals surface area contributed by atoms with Crippen molar-refractivity contribution in [1.29, 1.82) is 0 Å². The summed E-state index contributed by atoms with van der Waals surface area (Å²) in [6.45, 7) is 1.80. The molecule has 0 aromatic carbocycles. The van der Waals surface area contributed by atoms with Crippen LogP contribution in [0, 0.1) is 0 Å². The second kappa shape index (κ2) is 11.4. The van der Waals surface area contributed by atoms with Gasteiger partial charge < -0.3 is 31.0 Å². The first kappa shape index (κ1) is 26.9. The van der Waals surface area contributed by atoms with E-state index in [0.717, 1.165) is 25.0 Å². The number of fused-ring (bicyclic) bond motifs is 1. The molecule has 13 nitrogen and oxygen atoms in total. The van der Waals surface area contributed by atoms with E-state index in [-0.39, 0.29) is 41.2 Å². The first-order valence-electron chi connectivity index (χ1n) is 11.3. The lowest BCUT2D eigenvalue weighted by molar-refractivity contribution is -0.145. The van der Waals surface area contributed by atoms with Crippen LogP contribution in [0.2, 0.25) is 0 Å². The summed E-state index contributed by atoms with van der Waals surface area (Å²) in [5, 5.41) is 28.4. The molecule has 2 aliphatic heterocycles. The van der Waals surface area contributed by atoms with Crippen LogP contribution in [0.1, 0.15) is 51.9 Å². The van der Waals surface area contributed by atoms with Gasteiger partial charge in [-0.3, -0.25) is 9.35 Å². The lowest BCUT2D eigenvalue weighted by Gasteiger charge is -2.17. The molecule has 35 heavy (non-hydrogen) atoms. The van der Waals surface area contributed by atoms with Gasteiger partial charge in [0.2, 0.25) is 11.8 Å². The van der Waals surface area contributed by atoms with Crippen LogP contribution >= 0.6 is 11.8 Å². The number of aromatic hydroxyl groups is 2. The summed E-state index contributed by atoms with van der Waals surface area (Å²) in [5.41, 5.74) is 0. The number of thioether (sulfide) groups is 1. The van der Waals surface area contributed by atoms with Crippen LogP contribution in [0.4, 0.5) is 4.79 Å². The smallest absolute Gasteiger partial charge is 0.333 e. The van der Waals surface area contributed by atoms with Crippen LogP contribution in [0.15, 0.2) is 11.0 Å². The normalized spacial score (nSPS) is 22.2. The van der Waals surface area contributed by atoms with Gasteiger partial charge in [0.05, 0.1) is 12.1 Å². The van der Waals surface area contributed by atoms with E-state index in [1.54, 1.807) is 6.92 Å². The Balaban J connectivity index is 1.29. The zero-order valence-corrected chi connectivity index (χ0v) is 20.7. The molecule has 0 saturated carbocycles. The van der Waals surface area contributed by atoms with Gasteiger partial charge >= 0.3 is 12.0 Å². The predicted octanol–water partition coefficient (Wildman–Crippen LogP) is 0.502. The van der Waals surface area contributed by atoms with Crippen molar-refractivity contribution in [2.45, 2.75) is 80.1 Å². The van der Waals surface area contributed by atoms with E-state index in [1.807, 2.05) is 11.8 Å². The summed E-state index contributed by atoms with van der Waals surface area (Å²) in [7, 11) is -4.81. The van der Waals surface area contributed by atoms with Crippen LogP contribution in [-0.4, -0.2) is 74.9 Å². The van der Waals surface area contributed by atoms with E-state index in [9.17, 15) is 33.0 Å². The van der Waals surface area contributed by atoms with Crippen molar-refractivity contribution in [3.63, 3.8) is 0 Å². The third kappa shape index (κ3) is 7.18. The summed E-state index contributed by atoms with van der Waals surface area (Å²) in [6, 6.07) is 0.582. The molecule has 196 valence electrons. The lowest BCUT2D eigenvalue weighted by atomic mass is 10.0. The van der Waals surface area contributed by atoms with E-state index in [0.29, 0.717) is 30.6 Å². The fraction of sp³-hybridized carbons (Fsp3) is 0.650. The Hall–Kier alpha value is -2.65. The number of hydrogen-bond acceptors (Lipinski definition) is 9. The molecule has 0 aliphatic carbocycles. The topological polar surface area (TPSA) is 196 Å². The minimum Gasteiger partial charge on any atom is -0.492 e. The molecule has 3 rings (SSSR count). The van der Waals surface area contributed by atoms with Gasteiger partial charge in [-0.1, -0.05) is 6.42 Å². The maximum Gasteiger partial charge on any atom is 0.333 e. The second-order valence-electron chi connectivity index (χ2n) is 8.65. The Morgan fingerprint density at radius 2 is 2.00 bits per heavy atom. The third-order valence-corrected chi connectivity index (χ3v) is 8.22. The highest BCUT2D eigenvalue weighted by molar-refractivity contribution is 8.00. The van der Waals surface area contributed by atoms with Crippen molar-refractivity contribution in [2.24, 2.45) is 0 Å². The summed E-state index contributed by atoms with van der Waals surface area (Å²) in [4.78, 5) is 39.3. The Bertz CT molecular complexity index is 1060. The molecule has 15 heteroatoms. The molecule has 2 saturated heterocycles. The standard InChI is InChI=1S/C20H30N4O9S2/c1-11(5-4-8-17(27)33-24-16(26)9-14(19(24)28)35(30,31)32)21-15(25)7-3-2-6-13-18-12(10-34-13)22-20(29)23-18/h9,11-13,18,26,28H,2-8,10H2,1H3,(H,21,25)(H2,22,23,29)(H,30,31,32)/t11?,12-,13-,18-/m0/s1. The number of unbranched alkanes of at least 4 members (excludes halogenated alkanes) is 1. The molecule has 6 N–H and O–H groups in total. The van der Waals surface area contributed by atoms with Crippen LogP contribution in [0.25, 0.3) is 0 Å². The molecular formula is C20H30N4O9S2. The Morgan fingerprint density at radius 1 is 1.26 bits per heavy atom. The number of rotatable bonds is 12. The number of hydrogen-bond donors (Lipinski definition) is 6. The van der Waals surface area contributed by atoms with Crippen molar-refractivity contribution >= 4 is 39.8 Å². The van der Waals surface area contributed by atoms with E-state index in [2.05, 4.69) is 16.0 Å². The van der Waals surface area contributed by atoms with Gasteiger partial charge in [0.15, 0.2) is 4.90 Å². The van der Waals surface area contributed by atoms with E-state index < -0.39 is 32.7 Å². The highest BCUT2D eigenvalue weighted by atomic mass is 32.2. The Labute approximate surface area is 206 Å². The highest BCUT2D eigenvalue weighted by Gasteiger charge is 2.42. The Morgan fingerprint density at radius 3 is 2.69 bits per heavy atom. The molecule has 2 aliphatic rings. The van der Waals surface area contributed by atoms with Crippen molar-refractivity contribution in [3.8, 4) is 11.8 Å². The maximum absolute atomic E-state index is 12.2. The van der Waals surface area contributed by atoms with E-state index in [4.69, 9.17) is 9.39 Å². The average molecular weight is 535 g/mol. The molecule has 1 aromatic rings. The number of nitrogens with zero attached hydrogens (tertiary/aromatic N) is 1. The van der Waals surface area contributed by atoms with Crippen molar-refractivity contribution in [3.05, 3.63) is 6.07 Å². The second-order valence-corrected chi connectivity index (χ2v) is 11.3. The average Bonchev–Trinajstić information content (AvgIpc) is 3.39. The molecule has 4 atom stereocenters. The minimum atomic E-state index is -4.81. The quantitative estimate of drug-likeness (QED) is 0.125. The zero-order chi connectivity index (χ0) is 25.8. The van der Waals surface area contributed by atoms with Gasteiger partial charge in [0.25, 0.3) is 16.0 Å². The van der Waals surface area contributed by atoms with Gasteiger partial charge in [-0.25, -0.2) is 9.59 Å².